The van der Waals surface area contributed by atoms with Crippen molar-refractivity contribution in [2.45, 2.75) is 66.7 Å². The highest BCUT2D eigenvalue weighted by atomic mass is 16.5. The molecule has 0 saturated carbocycles. The molecule has 5 nitrogen and oxygen atoms in total. The molecule has 0 bridgehead atoms. The first-order valence-corrected chi connectivity index (χ1v) is 9.47. The first kappa shape index (κ1) is 21.6. The van der Waals surface area contributed by atoms with Gasteiger partial charge in [0.1, 0.15) is 11.6 Å². The summed E-state index contributed by atoms with van der Waals surface area (Å²) in [6, 6.07) is 7.10. The number of aromatic nitrogens is 2. The third-order valence-electron chi connectivity index (χ3n) is 3.75. The number of aryl methyl sites for hydroxylation is 2. The maximum Gasteiger partial charge on any atom is 0.307 e. The maximum atomic E-state index is 10.7. The molecule has 2 aromatic rings. The van der Waals surface area contributed by atoms with Gasteiger partial charge >= 0.3 is 5.97 Å². The normalized spacial score (nSPS) is 11.9. The molecule has 1 aromatic heterocycles. The van der Waals surface area contributed by atoms with Crippen molar-refractivity contribution in [2.75, 3.05) is 0 Å². The number of hydrogen-bond donors (Lipinski definition) is 1. The molecule has 1 heterocycles. The smallest absolute Gasteiger partial charge is 0.307 e. The number of carboxylic acid groups (broad SMARTS) is 1. The van der Waals surface area contributed by atoms with E-state index in [-0.39, 0.29) is 6.42 Å². The van der Waals surface area contributed by atoms with Crippen LogP contribution in [0, 0.1) is 6.92 Å². The lowest BCUT2D eigenvalue weighted by atomic mass is 9.97. The van der Waals surface area contributed by atoms with Crippen LogP contribution in [0.25, 0.3) is 0 Å². The van der Waals surface area contributed by atoms with Gasteiger partial charge in [-0.15, -0.1) is 0 Å². The summed E-state index contributed by atoms with van der Waals surface area (Å²) in [5.74, 6) is 1.18. The lowest BCUT2D eigenvalue weighted by Crippen LogP contribution is -2.10. The van der Waals surface area contributed by atoms with Crippen molar-refractivity contribution in [3.63, 3.8) is 0 Å². The molecule has 0 amide bonds. The average Bonchev–Trinajstić information content (AvgIpc) is 2.66. The summed E-state index contributed by atoms with van der Waals surface area (Å²) in [5.41, 5.74) is 2.95. The second-order valence-electron chi connectivity index (χ2n) is 5.52. The van der Waals surface area contributed by atoms with E-state index in [0.29, 0.717) is 11.6 Å². The molecule has 3 rings (SSSR count). The van der Waals surface area contributed by atoms with Gasteiger partial charge < -0.3 is 9.84 Å². The predicted octanol–water partition coefficient (Wildman–Crippen LogP) is 5.14. The largest absolute Gasteiger partial charge is 0.481 e. The Hall–Kier alpha value is -2.43. The van der Waals surface area contributed by atoms with E-state index in [4.69, 9.17) is 9.84 Å². The predicted molar refractivity (Wildman–Crippen MR) is 104 cm³/mol. The van der Waals surface area contributed by atoms with E-state index in [9.17, 15) is 4.79 Å². The Morgan fingerprint density at radius 1 is 1.04 bits per heavy atom. The van der Waals surface area contributed by atoms with Crippen molar-refractivity contribution in [1.29, 1.82) is 0 Å². The fourth-order valence-corrected chi connectivity index (χ4v) is 2.72. The number of carboxylic acids is 1. The topological polar surface area (TPSA) is 72.3 Å². The van der Waals surface area contributed by atoms with Crippen molar-refractivity contribution in [1.82, 2.24) is 9.97 Å². The van der Waals surface area contributed by atoms with Crippen LogP contribution in [0.3, 0.4) is 0 Å². The monoisotopic (exact) mass is 358 g/mol. The summed E-state index contributed by atoms with van der Waals surface area (Å²) in [7, 11) is 0. The van der Waals surface area contributed by atoms with Crippen LogP contribution in [0.2, 0.25) is 0 Å². The van der Waals surface area contributed by atoms with E-state index in [1.165, 1.54) is 0 Å². The Labute approximate surface area is 156 Å². The van der Waals surface area contributed by atoms with Gasteiger partial charge in [-0.05, 0) is 50.3 Å². The van der Waals surface area contributed by atoms with Crippen molar-refractivity contribution in [3.05, 3.63) is 46.9 Å². The molecule has 0 fully saturated rings. The molecule has 0 unspecified atom stereocenters. The summed E-state index contributed by atoms with van der Waals surface area (Å²) in [4.78, 5) is 19.6. The molecular weight excluding hydrogens is 328 g/mol. The average molecular weight is 358 g/mol. The summed E-state index contributed by atoms with van der Waals surface area (Å²) >= 11 is 0. The van der Waals surface area contributed by atoms with Crippen molar-refractivity contribution < 1.29 is 14.6 Å². The molecule has 5 heteroatoms. The van der Waals surface area contributed by atoms with Gasteiger partial charge in [-0.1, -0.05) is 39.8 Å². The SMILES string of the molecule is CC.CC.Cc1nc2c(c(Oc3ccc(CC(=O)O)cc3)n1)CCCC2. The first-order valence-electron chi connectivity index (χ1n) is 9.47. The molecule has 0 saturated heterocycles. The van der Waals surface area contributed by atoms with Crippen molar-refractivity contribution >= 4 is 5.97 Å². The molecule has 0 aliphatic heterocycles. The molecule has 1 aliphatic carbocycles. The van der Waals surface area contributed by atoms with Crippen LogP contribution in [0.5, 0.6) is 11.6 Å². The molecule has 26 heavy (non-hydrogen) atoms. The van der Waals surface area contributed by atoms with Crippen LogP contribution in [0.15, 0.2) is 24.3 Å². The van der Waals surface area contributed by atoms with Gasteiger partial charge in [-0.3, -0.25) is 4.79 Å². The van der Waals surface area contributed by atoms with Gasteiger partial charge in [-0.25, -0.2) is 4.98 Å². The van der Waals surface area contributed by atoms with Crippen LogP contribution < -0.4 is 4.74 Å². The summed E-state index contributed by atoms with van der Waals surface area (Å²) in [6.45, 7) is 9.87. The van der Waals surface area contributed by atoms with E-state index >= 15 is 0 Å². The van der Waals surface area contributed by atoms with Gasteiger partial charge in [0.15, 0.2) is 0 Å². The minimum Gasteiger partial charge on any atom is -0.481 e. The van der Waals surface area contributed by atoms with Gasteiger partial charge in [0.05, 0.1) is 12.1 Å². The van der Waals surface area contributed by atoms with E-state index < -0.39 is 5.97 Å². The Morgan fingerprint density at radius 2 is 1.65 bits per heavy atom. The number of benzene rings is 1. The van der Waals surface area contributed by atoms with Gasteiger partial charge in [-0.2, -0.15) is 4.98 Å². The Balaban J connectivity index is 0.000000791. The van der Waals surface area contributed by atoms with Crippen LogP contribution in [-0.4, -0.2) is 21.0 Å². The summed E-state index contributed by atoms with van der Waals surface area (Å²) < 4.78 is 5.92. The molecule has 0 radical (unpaired) electrons. The fourth-order valence-electron chi connectivity index (χ4n) is 2.72. The van der Waals surface area contributed by atoms with E-state index in [2.05, 4.69) is 9.97 Å². The van der Waals surface area contributed by atoms with Crippen LogP contribution in [-0.2, 0) is 24.1 Å². The fraction of sp³-hybridized carbons (Fsp3) is 0.476. The Kier molecular flexibility index (Phi) is 9.34. The number of hydrogen-bond acceptors (Lipinski definition) is 4. The standard InChI is InChI=1S/C17H18N2O3.2C2H6/c1-11-18-15-5-3-2-4-14(15)17(19-11)22-13-8-6-12(7-9-13)10-16(20)21;2*1-2/h6-9H,2-5,10H2,1H3,(H,20,21);2*1-2H3. The zero-order chi connectivity index (χ0) is 19.5. The lowest BCUT2D eigenvalue weighted by Gasteiger charge is -2.18. The zero-order valence-electron chi connectivity index (χ0n) is 16.5. The van der Waals surface area contributed by atoms with Crippen molar-refractivity contribution in [2.24, 2.45) is 0 Å². The van der Waals surface area contributed by atoms with Crippen molar-refractivity contribution in [3.8, 4) is 11.6 Å². The molecule has 0 spiro atoms. The highest BCUT2D eigenvalue weighted by Crippen LogP contribution is 2.30. The Morgan fingerprint density at radius 3 is 2.27 bits per heavy atom. The number of rotatable bonds is 4. The van der Waals surface area contributed by atoms with Crippen LogP contribution >= 0.6 is 0 Å². The van der Waals surface area contributed by atoms with E-state index in [1.807, 2.05) is 34.6 Å². The molecule has 142 valence electrons. The molecule has 1 aromatic carbocycles. The summed E-state index contributed by atoms with van der Waals surface area (Å²) in [5, 5.41) is 8.79. The van der Waals surface area contributed by atoms with Gasteiger partial charge in [0, 0.05) is 5.56 Å². The number of aliphatic carboxylic acids is 1. The van der Waals surface area contributed by atoms with Crippen LogP contribution in [0.1, 0.15) is 63.2 Å². The maximum absolute atomic E-state index is 10.7. The summed E-state index contributed by atoms with van der Waals surface area (Å²) in [6.07, 6.45) is 4.23. The number of nitrogens with zero attached hydrogens (tertiary/aromatic N) is 2. The number of carbonyl (C=O) groups is 1. The molecule has 0 atom stereocenters. The van der Waals surface area contributed by atoms with E-state index in [0.717, 1.165) is 48.3 Å². The third-order valence-corrected chi connectivity index (χ3v) is 3.75. The third kappa shape index (κ3) is 6.14. The second kappa shape index (κ2) is 11.2. The molecule has 1 N–H and O–H groups in total. The highest BCUT2D eigenvalue weighted by Gasteiger charge is 2.18. The number of fused-ring (bicyclic) bond motifs is 1. The number of ether oxygens (including phenoxy) is 1. The second-order valence-corrected chi connectivity index (χ2v) is 5.52. The minimum atomic E-state index is -0.839. The van der Waals surface area contributed by atoms with Crippen LogP contribution in [0.4, 0.5) is 0 Å². The molecule has 1 aliphatic rings. The first-order chi connectivity index (χ1) is 12.6. The zero-order valence-corrected chi connectivity index (χ0v) is 16.5. The quantitative estimate of drug-likeness (QED) is 0.819. The van der Waals surface area contributed by atoms with Gasteiger partial charge in [0.25, 0.3) is 0 Å². The van der Waals surface area contributed by atoms with E-state index in [1.54, 1.807) is 24.3 Å². The highest BCUT2D eigenvalue weighted by molar-refractivity contribution is 5.70. The molecular formula is C21H30N2O3. The minimum absolute atomic E-state index is 0.0162. The van der Waals surface area contributed by atoms with Gasteiger partial charge in [0.2, 0.25) is 5.88 Å². The lowest BCUT2D eigenvalue weighted by molar-refractivity contribution is -0.136. The Bertz CT molecular complexity index is 697.